The van der Waals surface area contributed by atoms with Gasteiger partial charge in [-0.2, -0.15) is 0 Å². The summed E-state index contributed by atoms with van der Waals surface area (Å²) in [4.78, 5) is 0. The average molecular weight is 207 g/mol. The van der Waals surface area contributed by atoms with Crippen LogP contribution >= 0.6 is 0 Å². The van der Waals surface area contributed by atoms with E-state index in [1.165, 1.54) is 5.56 Å². The Balaban J connectivity index is 2.74. The molecular formula is C13H21NO. The Morgan fingerprint density at radius 3 is 2.67 bits per heavy atom. The van der Waals surface area contributed by atoms with Gasteiger partial charge in [-0.15, -0.1) is 0 Å². The van der Waals surface area contributed by atoms with Crippen molar-refractivity contribution in [2.75, 3.05) is 7.05 Å². The van der Waals surface area contributed by atoms with Crippen LogP contribution in [0.2, 0.25) is 0 Å². The van der Waals surface area contributed by atoms with Gasteiger partial charge in [-0.1, -0.05) is 19.1 Å². The highest BCUT2D eigenvalue weighted by molar-refractivity contribution is 5.30. The van der Waals surface area contributed by atoms with Crippen molar-refractivity contribution in [3.05, 3.63) is 29.8 Å². The first-order chi connectivity index (χ1) is 7.17. The van der Waals surface area contributed by atoms with E-state index in [1.807, 2.05) is 19.2 Å². The molecule has 0 unspecified atom stereocenters. The van der Waals surface area contributed by atoms with Crippen molar-refractivity contribution in [3.63, 3.8) is 0 Å². The molecule has 0 aromatic heterocycles. The monoisotopic (exact) mass is 207 g/mol. The maximum atomic E-state index is 5.77. The molecule has 1 rings (SSSR count). The number of rotatable bonds is 5. The molecule has 0 fully saturated rings. The highest BCUT2D eigenvalue weighted by atomic mass is 16.5. The van der Waals surface area contributed by atoms with Crippen LogP contribution in [0.5, 0.6) is 5.75 Å². The Morgan fingerprint density at radius 2 is 2.07 bits per heavy atom. The molecule has 0 saturated heterocycles. The summed E-state index contributed by atoms with van der Waals surface area (Å²) in [7, 11) is 1.97. The third kappa shape index (κ3) is 3.56. The molecule has 1 N–H and O–H groups in total. The van der Waals surface area contributed by atoms with E-state index in [0.29, 0.717) is 6.04 Å². The quantitative estimate of drug-likeness (QED) is 0.801. The van der Waals surface area contributed by atoms with E-state index in [1.54, 1.807) is 0 Å². The first-order valence-electron chi connectivity index (χ1n) is 5.61. The Morgan fingerprint density at radius 1 is 1.33 bits per heavy atom. The van der Waals surface area contributed by atoms with Crippen molar-refractivity contribution in [2.45, 2.75) is 39.3 Å². The van der Waals surface area contributed by atoms with Crippen LogP contribution in [0.3, 0.4) is 0 Å². The number of benzene rings is 1. The third-order valence-electron chi connectivity index (χ3n) is 2.70. The smallest absolute Gasteiger partial charge is 0.120 e. The zero-order chi connectivity index (χ0) is 11.3. The van der Waals surface area contributed by atoms with Crippen molar-refractivity contribution < 1.29 is 4.74 Å². The maximum absolute atomic E-state index is 5.77. The van der Waals surface area contributed by atoms with Crippen molar-refractivity contribution in [2.24, 2.45) is 0 Å². The van der Waals surface area contributed by atoms with Gasteiger partial charge in [0, 0.05) is 6.04 Å². The standard InChI is InChI=1S/C13H21NO/c1-5-10(2)15-13-8-6-7-12(9-13)11(3)14-4/h6-11,14H,5H2,1-4H3/t10-,11+/m1/s1. The molecule has 0 aliphatic heterocycles. The maximum Gasteiger partial charge on any atom is 0.120 e. The van der Waals surface area contributed by atoms with Crippen LogP contribution in [0, 0.1) is 0 Å². The second-order valence-corrected chi connectivity index (χ2v) is 3.92. The fraction of sp³-hybridized carbons (Fsp3) is 0.538. The fourth-order valence-corrected chi connectivity index (χ4v) is 1.34. The minimum absolute atomic E-state index is 0.283. The molecule has 0 amide bonds. The van der Waals surface area contributed by atoms with Crippen molar-refractivity contribution in [1.29, 1.82) is 0 Å². The molecule has 0 aliphatic rings. The van der Waals surface area contributed by atoms with Gasteiger partial charge in [0.15, 0.2) is 0 Å². The Hall–Kier alpha value is -1.02. The molecule has 15 heavy (non-hydrogen) atoms. The number of ether oxygens (including phenoxy) is 1. The highest BCUT2D eigenvalue weighted by Gasteiger charge is 2.05. The van der Waals surface area contributed by atoms with Gasteiger partial charge >= 0.3 is 0 Å². The molecule has 0 bridgehead atoms. The van der Waals surface area contributed by atoms with Gasteiger partial charge in [0.25, 0.3) is 0 Å². The summed E-state index contributed by atoms with van der Waals surface area (Å²) < 4.78 is 5.77. The summed E-state index contributed by atoms with van der Waals surface area (Å²) in [5, 5.41) is 3.22. The summed E-state index contributed by atoms with van der Waals surface area (Å²) >= 11 is 0. The summed E-state index contributed by atoms with van der Waals surface area (Å²) in [5.74, 6) is 0.962. The SMILES string of the molecule is CC[C@@H](C)Oc1cccc([C@H](C)NC)c1. The number of nitrogens with one attached hydrogen (secondary N) is 1. The number of hydrogen-bond acceptors (Lipinski definition) is 2. The van der Waals surface area contributed by atoms with E-state index in [2.05, 4.69) is 38.2 Å². The van der Waals surface area contributed by atoms with Crippen molar-refractivity contribution >= 4 is 0 Å². The summed E-state index contributed by atoms with van der Waals surface area (Å²) in [6, 6.07) is 8.64. The molecule has 84 valence electrons. The number of hydrogen-bond donors (Lipinski definition) is 1. The second-order valence-electron chi connectivity index (χ2n) is 3.92. The van der Waals surface area contributed by atoms with E-state index in [4.69, 9.17) is 4.74 Å². The van der Waals surface area contributed by atoms with Crippen LogP contribution in [0.1, 0.15) is 38.8 Å². The first-order valence-corrected chi connectivity index (χ1v) is 5.61. The predicted molar refractivity (Wildman–Crippen MR) is 64.3 cm³/mol. The van der Waals surface area contributed by atoms with Gasteiger partial charge in [-0.05, 0) is 45.0 Å². The van der Waals surface area contributed by atoms with E-state index in [9.17, 15) is 0 Å². The van der Waals surface area contributed by atoms with Gasteiger partial charge < -0.3 is 10.1 Å². The molecule has 1 aromatic rings. The van der Waals surface area contributed by atoms with Gasteiger partial charge in [-0.25, -0.2) is 0 Å². The fourth-order valence-electron chi connectivity index (χ4n) is 1.34. The van der Waals surface area contributed by atoms with Crippen LogP contribution in [0.15, 0.2) is 24.3 Å². The molecule has 2 heteroatoms. The second kappa shape index (κ2) is 5.76. The topological polar surface area (TPSA) is 21.3 Å². The lowest BCUT2D eigenvalue weighted by atomic mass is 10.1. The molecule has 2 atom stereocenters. The van der Waals surface area contributed by atoms with Crippen molar-refractivity contribution in [3.8, 4) is 5.75 Å². The van der Waals surface area contributed by atoms with Crippen LogP contribution in [0.4, 0.5) is 0 Å². The van der Waals surface area contributed by atoms with E-state index in [0.717, 1.165) is 12.2 Å². The Bertz CT molecular complexity index is 298. The van der Waals surface area contributed by atoms with E-state index in [-0.39, 0.29) is 6.10 Å². The predicted octanol–water partition coefficient (Wildman–Crippen LogP) is 3.14. The van der Waals surface area contributed by atoms with Crippen molar-refractivity contribution in [1.82, 2.24) is 5.32 Å². The summed E-state index contributed by atoms with van der Waals surface area (Å²) in [6.45, 7) is 6.36. The molecule has 0 heterocycles. The van der Waals surface area contributed by atoms with Crippen LogP contribution in [0.25, 0.3) is 0 Å². The molecule has 0 aliphatic carbocycles. The third-order valence-corrected chi connectivity index (χ3v) is 2.70. The normalized spacial score (nSPS) is 14.7. The summed E-state index contributed by atoms with van der Waals surface area (Å²) in [5.41, 5.74) is 1.26. The highest BCUT2D eigenvalue weighted by Crippen LogP contribution is 2.20. The molecule has 0 saturated carbocycles. The minimum atomic E-state index is 0.283. The minimum Gasteiger partial charge on any atom is -0.491 e. The average Bonchev–Trinajstić information content (AvgIpc) is 2.28. The lowest BCUT2D eigenvalue weighted by molar-refractivity contribution is 0.217. The van der Waals surface area contributed by atoms with Gasteiger partial charge in [0.1, 0.15) is 5.75 Å². The van der Waals surface area contributed by atoms with E-state index >= 15 is 0 Å². The first kappa shape index (κ1) is 12.1. The Labute approximate surface area is 92.6 Å². The lowest BCUT2D eigenvalue weighted by Gasteiger charge is -2.15. The molecular weight excluding hydrogens is 186 g/mol. The van der Waals surface area contributed by atoms with Crippen LogP contribution in [-0.2, 0) is 0 Å². The molecule has 0 spiro atoms. The zero-order valence-electron chi connectivity index (χ0n) is 10.1. The molecule has 1 aromatic carbocycles. The largest absolute Gasteiger partial charge is 0.491 e. The van der Waals surface area contributed by atoms with Crippen LogP contribution < -0.4 is 10.1 Å². The summed E-state index contributed by atoms with van der Waals surface area (Å²) in [6.07, 6.45) is 1.32. The van der Waals surface area contributed by atoms with Gasteiger partial charge in [-0.3, -0.25) is 0 Å². The molecule has 2 nitrogen and oxygen atoms in total. The van der Waals surface area contributed by atoms with Gasteiger partial charge in [0.05, 0.1) is 6.10 Å². The van der Waals surface area contributed by atoms with Crippen LogP contribution in [-0.4, -0.2) is 13.2 Å². The van der Waals surface area contributed by atoms with E-state index < -0.39 is 0 Å². The van der Waals surface area contributed by atoms with Gasteiger partial charge in [0.2, 0.25) is 0 Å². The Kier molecular flexibility index (Phi) is 4.63. The lowest BCUT2D eigenvalue weighted by Crippen LogP contribution is -2.13. The molecule has 0 radical (unpaired) electrons. The zero-order valence-corrected chi connectivity index (χ0v) is 10.1.